The number of carbonyl (C=O) groups excluding carboxylic acids is 1. The smallest absolute Gasteiger partial charge is 0.252 e. The minimum absolute atomic E-state index is 0.0805. The molecule has 1 unspecified atom stereocenters. The van der Waals surface area contributed by atoms with Crippen molar-refractivity contribution in [2.75, 3.05) is 13.6 Å². The van der Waals surface area contributed by atoms with E-state index in [0.717, 1.165) is 31.4 Å². The molecular formula is C16H22N2O. The summed E-state index contributed by atoms with van der Waals surface area (Å²) in [5, 5.41) is 6.00. The number of nitrogens with one attached hydrogen (secondary N) is 2. The summed E-state index contributed by atoms with van der Waals surface area (Å²) >= 11 is 0. The van der Waals surface area contributed by atoms with Gasteiger partial charge in [0, 0.05) is 5.56 Å². The number of carbonyl (C=O) groups is 1. The maximum absolute atomic E-state index is 12.2. The van der Waals surface area contributed by atoms with Gasteiger partial charge in [-0.15, -0.1) is 6.42 Å². The summed E-state index contributed by atoms with van der Waals surface area (Å²) in [6, 6.07) is 7.47. The molecule has 0 aliphatic heterocycles. The molecule has 1 amide bonds. The molecule has 3 nitrogen and oxygen atoms in total. The summed E-state index contributed by atoms with van der Waals surface area (Å²) in [6.45, 7) is 2.90. The van der Waals surface area contributed by atoms with E-state index in [1.807, 2.05) is 31.3 Å². The second-order valence-corrected chi connectivity index (χ2v) is 4.49. The summed E-state index contributed by atoms with van der Waals surface area (Å²) in [5.74, 6) is 2.54. The van der Waals surface area contributed by atoms with Crippen LogP contribution in [-0.2, 0) is 6.42 Å². The van der Waals surface area contributed by atoms with Gasteiger partial charge in [0.1, 0.15) is 0 Å². The highest BCUT2D eigenvalue weighted by molar-refractivity contribution is 5.96. The summed E-state index contributed by atoms with van der Waals surface area (Å²) in [4.78, 5) is 12.2. The van der Waals surface area contributed by atoms with Gasteiger partial charge in [0.05, 0.1) is 6.04 Å². The Morgan fingerprint density at radius 3 is 2.79 bits per heavy atom. The summed E-state index contributed by atoms with van der Waals surface area (Å²) in [7, 11) is 1.90. The van der Waals surface area contributed by atoms with Gasteiger partial charge in [-0.2, -0.15) is 0 Å². The predicted octanol–water partition coefficient (Wildman–Crippen LogP) is 1.98. The van der Waals surface area contributed by atoms with Crippen molar-refractivity contribution in [3.05, 3.63) is 35.4 Å². The van der Waals surface area contributed by atoms with Crippen molar-refractivity contribution < 1.29 is 4.79 Å². The Kier molecular flexibility index (Phi) is 6.70. The number of likely N-dealkylation sites (N-methyl/N-ethyl adjacent to an activating group) is 1. The van der Waals surface area contributed by atoms with Crippen molar-refractivity contribution in [3.8, 4) is 12.3 Å². The second kappa shape index (κ2) is 8.34. The highest BCUT2D eigenvalue weighted by Gasteiger charge is 2.13. The van der Waals surface area contributed by atoms with Gasteiger partial charge in [-0.05, 0) is 38.1 Å². The molecule has 2 N–H and O–H groups in total. The first-order valence-corrected chi connectivity index (χ1v) is 6.72. The molecule has 0 aliphatic carbocycles. The molecule has 1 aromatic carbocycles. The number of hydrogen-bond donors (Lipinski definition) is 2. The van der Waals surface area contributed by atoms with E-state index in [-0.39, 0.29) is 11.9 Å². The quantitative estimate of drug-likeness (QED) is 0.734. The minimum atomic E-state index is -0.185. The van der Waals surface area contributed by atoms with Crippen molar-refractivity contribution >= 4 is 5.91 Å². The molecule has 0 saturated heterocycles. The van der Waals surface area contributed by atoms with Crippen LogP contribution in [0.3, 0.4) is 0 Å². The van der Waals surface area contributed by atoms with Crippen molar-refractivity contribution in [1.29, 1.82) is 0 Å². The van der Waals surface area contributed by atoms with Crippen LogP contribution in [0.1, 0.15) is 35.7 Å². The SMILES string of the molecule is C#CC(CCC)NC(=O)c1ccccc1CCNC. The largest absolute Gasteiger partial charge is 0.338 e. The van der Waals surface area contributed by atoms with Crippen LogP contribution in [-0.4, -0.2) is 25.5 Å². The molecular weight excluding hydrogens is 236 g/mol. The van der Waals surface area contributed by atoms with Crippen LogP contribution < -0.4 is 10.6 Å². The van der Waals surface area contributed by atoms with Crippen molar-refractivity contribution in [2.24, 2.45) is 0 Å². The maximum atomic E-state index is 12.2. The van der Waals surface area contributed by atoms with Gasteiger partial charge in [-0.3, -0.25) is 4.79 Å². The third-order valence-corrected chi connectivity index (χ3v) is 2.99. The van der Waals surface area contributed by atoms with E-state index >= 15 is 0 Å². The van der Waals surface area contributed by atoms with Crippen LogP contribution in [0, 0.1) is 12.3 Å². The van der Waals surface area contributed by atoms with Crippen LogP contribution in [0.25, 0.3) is 0 Å². The molecule has 0 radical (unpaired) electrons. The van der Waals surface area contributed by atoms with E-state index in [4.69, 9.17) is 6.42 Å². The van der Waals surface area contributed by atoms with Crippen LogP contribution in [0.2, 0.25) is 0 Å². The normalized spacial score (nSPS) is 11.6. The number of benzene rings is 1. The lowest BCUT2D eigenvalue weighted by Gasteiger charge is -2.14. The van der Waals surface area contributed by atoms with Gasteiger partial charge < -0.3 is 10.6 Å². The average molecular weight is 258 g/mol. The first kappa shape index (κ1) is 15.3. The fraction of sp³-hybridized carbons (Fsp3) is 0.438. The molecule has 0 saturated carbocycles. The Hall–Kier alpha value is -1.79. The topological polar surface area (TPSA) is 41.1 Å². The zero-order chi connectivity index (χ0) is 14.1. The third-order valence-electron chi connectivity index (χ3n) is 2.99. The van der Waals surface area contributed by atoms with Crippen LogP contribution >= 0.6 is 0 Å². The van der Waals surface area contributed by atoms with Gasteiger partial charge in [0.15, 0.2) is 0 Å². The predicted molar refractivity (Wildman–Crippen MR) is 79.1 cm³/mol. The molecule has 1 atom stereocenters. The summed E-state index contributed by atoms with van der Waals surface area (Å²) in [5.41, 5.74) is 1.76. The molecule has 0 spiro atoms. The van der Waals surface area contributed by atoms with Gasteiger partial charge in [-0.25, -0.2) is 0 Å². The van der Waals surface area contributed by atoms with Gasteiger partial charge in [0.25, 0.3) is 5.91 Å². The number of hydrogen-bond acceptors (Lipinski definition) is 2. The summed E-state index contributed by atoms with van der Waals surface area (Å²) < 4.78 is 0. The Morgan fingerprint density at radius 2 is 2.16 bits per heavy atom. The molecule has 1 rings (SSSR count). The molecule has 19 heavy (non-hydrogen) atoms. The highest BCUT2D eigenvalue weighted by Crippen LogP contribution is 2.10. The second-order valence-electron chi connectivity index (χ2n) is 4.49. The molecule has 0 aromatic heterocycles. The maximum Gasteiger partial charge on any atom is 0.252 e. The van der Waals surface area contributed by atoms with Gasteiger partial charge in [-0.1, -0.05) is 37.5 Å². The first-order valence-electron chi connectivity index (χ1n) is 6.72. The molecule has 1 aromatic rings. The Labute approximate surface area is 115 Å². The standard InChI is InChI=1S/C16H22N2O/c1-4-8-14(5-2)18-16(19)15-10-7-6-9-13(15)11-12-17-3/h2,6-7,9-10,14,17H,4,8,11-12H2,1,3H3,(H,18,19). The van der Waals surface area contributed by atoms with E-state index in [2.05, 4.69) is 23.5 Å². The Morgan fingerprint density at radius 1 is 1.42 bits per heavy atom. The molecule has 0 fully saturated rings. The molecule has 0 bridgehead atoms. The number of terminal acetylenes is 1. The zero-order valence-electron chi connectivity index (χ0n) is 11.7. The lowest BCUT2D eigenvalue weighted by molar-refractivity contribution is 0.0943. The van der Waals surface area contributed by atoms with Crippen molar-refractivity contribution in [3.63, 3.8) is 0 Å². The average Bonchev–Trinajstić information content (AvgIpc) is 2.44. The van der Waals surface area contributed by atoms with Crippen LogP contribution in [0.5, 0.6) is 0 Å². The zero-order valence-corrected chi connectivity index (χ0v) is 11.7. The van der Waals surface area contributed by atoms with Crippen LogP contribution in [0.4, 0.5) is 0 Å². The molecule has 102 valence electrons. The van der Waals surface area contributed by atoms with Crippen molar-refractivity contribution in [1.82, 2.24) is 10.6 Å². The van der Waals surface area contributed by atoms with E-state index in [1.165, 1.54) is 0 Å². The highest BCUT2D eigenvalue weighted by atomic mass is 16.1. The fourth-order valence-electron chi connectivity index (χ4n) is 1.94. The van der Waals surface area contributed by atoms with Gasteiger partial charge >= 0.3 is 0 Å². The Balaban J connectivity index is 2.78. The van der Waals surface area contributed by atoms with Gasteiger partial charge in [0.2, 0.25) is 0 Å². The molecule has 0 aliphatic rings. The molecule has 0 heterocycles. The van der Waals surface area contributed by atoms with Crippen molar-refractivity contribution in [2.45, 2.75) is 32.2 Å². The first-order chi connectivity index (χ1) is 9.22. The lowest BCUT2D eigenvalue weighted by Crippen LogP contribution is -2.34. The van der Waals surface area contributed by atoms with E-state index in [0.29, 0.717) is 5.56 Å². The Bertz CT molecular complexity index is 448. The third kappa shape index (κ3) is 4.76. The van der Waals surface area contributed by atoms with E-state index < -0.39 is 0 Å². The number of rotatable bonds is 7. The van der Waals surface area contributed by atoms with E-state index in [9.17, 15) is 4.79 Å². The minimum Gasteiger partial charge on any atom is -0.338 e. The lowest BCUT2D eigenvalue weighted by atomic mass is 10.0. The fourth-order valence-corrected chi connectivity index (χ4v) is 1.94. The molecule has 3 heteroatoms. The number of amides is 1. The van der Waals surface area contributed by atoms with Crippen LogP contribution in [0.15, 0.2) is 24.3 Å². The van der Waals surface area contributed by atoms with E-state index in [1.54, 1.807) is 0 Å². The summed E-state index contributed by atoms with van der Waals surface area (Å²) in [6.07, 6.45) is 8.02. The monoisotopic (exact) mass is 258 g/mol.